The van der Waals surface area contributed by atoms with Crippen LogP contribution in [-0.4, -0.2) is 34.7 Å². The first-order chi connectivity index (χ1) is 9.36. The van der Waals surface area contributed by atoms with Gasteiger partial charge in [-0.3, -0.25) is 4.68 Å². The van der Waals surface area contributed by atoms with Gasteiger partial charge in [0.25, 0.3) is 0 Å². The van der Waals surface area contributed by atoms with Gasteiger partial charge < -0.3 is 14.0 Å². The molecule has 6 heteroatoms. The summed E-state index contributed by atoms with van der Waals surface area (Å²) in [6, 6.07) is 0. The van der Waals surface area contributed by atoms with Gasteiger partial charge in [0.2, 0.25) is 0 Å². The SMILES string of the molecule is CCc1nn2c(c1B1OC(C)(C)C(C)(C)O1)COCC2. The number of aryl methyl sites for hydroxylation is 1. The fourth-order valence-corrected chi connectivity index (χ4v) is 2.72. The zero-order valence-electron chi connectivity index (χ0n) is 13.0. The van der Waals surface area contributed by atoms with Crippen LogP contribution in [0.25, 0.3) is 0 Å². The van der Waals surface area contributed by atoms with E-state index in [1.54, 1.807) is 0 Å². The summed E-state index contributed by atoms with van der Waals surface area (Å²) >= 11 is 0. The maximum atomic E-state index is 6.19. The third-order valence-corrected chi connectivity index (χ3v) is 4.68. The second-order valence-corrected chi connectivity index (χ2v) is 6.52. The fourth-order valence-electron chi connectivity index (χ4n) is 2.72. The summed E-state index contributed by atoms with van der Waals surface area (Å²) in [7, 11) is -0.347. The van der Waals surface area contributed by atoms with Crippen molar-refractivity contribution in [2.24, 2.45) is 0 Å². The van der Waals surface area contributed by atoms with Crippen molar-refractivity contribution in [3.8, 4) is 0 Å². The normalized spacial score (nSPS) is 23.9. The minimum absolute atomic E-state index is 0.326. The molecule has 0 spiro atoms. The van der Waals surface area contributed by atoms with Gasteiger partial charge in [0.1, 0.15) is 0 Å². The Morgan fingerprint density at radius 3 is 2.45 bits per heavy atom. The summed E-state index contributed by atoms with van der Waals surface area (Å²) in [4.78, 5) is 0. The van der Waals surface area contributed by atoms with Crippen LogP contribution in [0.1, 0.15) is 46.0 Å². The Labute approximate surface area is 120 Å². The van der Waals surface area contributed by atoms with E-state index < -0.39 is 0 Å². The Morgan fingerprint density at radius 1 is 1.20 bits per heavy atom. The first-order valence-electron chi connectivity index (χ1n) is 7.37. The molecule has 2 aliphatic rings. The van der Waals surface area contributed by atoms with Crippen molar-refractivity contribution in [2.45, 2.75) is 65.4 Å². The number of hydrogen-bond acceptors (Lipinski definition) is 4. The van der Waals surface area contributed by atoms with E-state index in [1.807, 2.05) is 4.68 Å². The van der Waals surface area contributed by atoms with Crippen LogP contribution in [0.5, 0.6) is 0 Å². The molecule has 0 bridgehead atoms. The zero-order chi connectivity index (χ0) is 14.5. The number of aromatic nitrogens is 2. The van der Waals surface area contributed by atoms with Crippen LogP contribution in [0, 0.1) is 0 Å². The lowest BCUT2D eigenvalue weighted by molar-refractivity contribution is 0.00578. The zero-order valence-corrected chi connectivity index (χ0v) is 13.0. The van der Waals surface area contributed by atoms with Crippen molar-refractivity contribution < 1.29 is 14.0 Å². The van der Waals surface area contributed by atoms with E-state index in [0.717, 1.165) is 36.4 Å². The molecule has 0 radical (unpaired) electrons. The van der Waals surface area contributed by atoms with Crippen LogP contribution in [0.2, 0.25) is 0 Å². The first-order valence-corrected chi connectivity index (χ1v) is 7.37. The predicted molar refractivity (Wildman–Crippen MR) is 77.0 cm³/mol. The topological polar surface area (TPSA) is 45.5 Å². The van der Waals surface area contributed by atoms with Gasteiger partial charge in [0.05, 0.1) is 42.3 Å². The molecule has 1 fully saturated rings. The molecule has 20 heavy (non-hydrogen) atoms. The molecule has 0 saturated carbocycles. The summed E-state index contributed by atoms with van der Waals surface area (Å²) in [6.45, 7) is 12.5. The first kappa shape index (κ1) is 14.1. The summed E-state index contributed by atoms with van der Waals surface area (Å²) in [5.41, 5.74) is 2.58. The van der Waals surface area contributed by atoms with Crippen LogP contribution in [0.4, 0.5) is 0 Å². The summed E-state index contributed by atoms with van der Waals surface area (Å²) < 4.78 is 20.0. The molecule has 1 saturated heterocycles. The van der Waals surface area contributed by atoms with Crippen molar-refractivity contribution in [2.75, 3.05) is 6.61 Å². The third-order valence-electron chi connectivity index (χ3n) is 4.68. The van der Waals surface area contributed by atoms with Crippen LogP contribution in [0.3, 0.4) is 0 Å². The Bertz CT molecular complexity index is 509. The van der Waals surface area contributed by atoms with Gasteiger partial charge in [-0.15, -0.1) is 0 Å². The maximum Gasteiger partial charge on any atom is 0.498 e. The van der Waals surface area contributed by atoms with Crippen LogP contribution >= 0.6 is 0 Å². The number of ether oxygens (including phenoxy) is 1. The monoisotopic (exact) mass is 278 g/mol. The van der Waals surface area contributed by atoms with E-state index in [2.05, 4.69) is 39.7 Å². The molecular formula is C14H23BN2O3. The highest BCUT2D eigenvalue weighted by Crippen LogP contribution is 2.37. The maximum absolute atomic E-state index is 6.19. The van der Waals surface area contributed by atoms with E-state index in [0.29, 0.717) is 6.61 Å². The summed E-state index contributed by atoms with van der Waals surface area (Å²) in [5.74, 6) is 0. The highest BCUT2D eigenvalue weighted by molar-refractivity contribution is 6.63. The quantitative estimate of drug-likeness (QED) is 0.764. The smallest absolute Gasteiger partial charge is 0.399 e. The number of fused-ring (bicyclic) bond motifs is 1. The minimum Gasteiger partial charge on any atom is -0.399 e. The molecule has 3 rings (SSSR count). The van der Waals surface area contributed by atoms with Gasteiger partial charge >= 0.3 is 7.12 Å². The molecule has 1 aromatic rings. The second kappa shape index (κ2) is 4.58. The molecule has 0 unspecified atom stereocenters. The standard InChI is InChI=1S/C14H23BN2O3/c1-6-10-12(11-9-18-8-7-17(11)16-10)15-19-13(2,3)14(4,5)20-15/h6-9H2,1-5H3. The number of nitrogens with zero attached hydrogens (tertiary/aromatic N) is 2. The molecule has 0 N–H and O–H groups in total. The van der Waals surface area contributed by atoms with Crippen molar-refractivity contribution >= 4 is 12.6 Å². The lowest BCUT2D eigenvalue weighted by atomic mass is 9.76. The Kier molecular flexibility index (Phi) is 3.23. The average Bonchev–Trinajstić information content (AvgIpc) is 2.84. The molecule has 0 amide bonds. The van der Waals surface area contributed by atoms with Crippen molar-refractivity contribution in [3.63, 3.8) is 0 Å². The van der Waals surface area contributed by atoms with Gasteiger partial charge in [-0.2, -0.15) is 5.10 Å². The summed E-state index contributed by atoms with van der Waals surface area (Å²) in [5, 5.41) is 4.69. The predicted octanol–water partition coefficient (Wildman–Crippen LogP) is 1.27. The molecule has 2 aliphatic heterocycles. The van der Waals surface area contributed by atoms with Crippen LogP contribution in [0.15, 0.2) is 0 Å². The largest absolute Gasteiger partial charge is 0.498 e. The molecular weight excluding hydrogens is 255 g/mol. The molecule has 0 atom stereocenters. The molecule has 1 aromatic heterocycles. The van der Waals surface area contributed by atoms with E-state index >= 15 is 0 Å². The van der Waals surface area contributed by atoms with E-state index in [-0.39, 0.29) is 18.3 Å². The van der Waals surface area contributed by atoms with Crippen molar-refractivity contribution in [1.82, 2.24) is 9.78 Å². The summed E-state index contributed by atoms with van der Waals surface area (Å²) in [6.07, 6.45) is 0.874. The highest BCUT2D eigenvalue weighted by Gasteiger charge is 2.53. The van der Waals surface area contributed by atoms with Gasteiger partial charge in [-0.25, -0.2) is 0 Å². The van der Waals surface area contributed by atoms with Gasteiger partial charge in [-0.05, 0) is 34.1 Å². The van der Waals surface area contributed by atoms with Crippen molar-refractivity contribution in [3.05, 3.63) is 11.4 Å². The van der Waals surface area contributed by atoms with Gasteiger partial charge in [0, 0.05) is 5.46 Å². The fraction of sp³-hybridized carbons (Fsp3) is 0.786. The molecule has 0 aromatic carbocycles. The van der Waals surface area contributed by atoms with Crippen LogP contribution < -0.4 is 5.46 Å². The molecule has 5 nitrogen and oxygen atoms in total. The highest BCUT2D eigenvalue weighted by atomic mass is 16.7. The molecule has 0 aliphatic carbocycles. The van der Waals surface area contributed by atoms with Crippen molar-refractivity contribution in [1.29, 1.82) is 0 Å². The van der Waals surface area contributed by atoms with E-state index in [4.69, 9.17) is 14.0 Å². The Balaban J connectivity index is 2.01. The van der Waals surface area contributed by atoms with Crippen LogP contribution in [-0.2, 0) is 33.6 Å². The molecule has 110 valence electrons. The lowest BCUT2D eigenvalue weighted by Crippen LogP contribution is -2.41. The number of hydrogen-bond donors (Lipinski definition) is 0. The average molecular weight is 278 g/mol. The second-order valence-electron chi connectivity index (χ2n) is 6.52. The Morgan fingerprint density at radius 2 is 1.85 bits per heavy atom. The van der Waals surface area contributed by atoms with E-state index in [1.165, 1.54) is 0 Å². The Hall–Kier alpha value is -0.845. The lowest BCUT2D eigenvalue weighted by Gasteiger charge is -2.32. The van der Waals surface area contributed by atoms with E-state index in [9.17, 15) is 0 Å². The van der Waals surface area contributed by atoms with Gasteiger partial charge in [-0.1, -0.05) is 6.92 Å². The van der Waals surface area contributed by atoms with Gasteiger partial charge in [0.15, 0.2) is 0 Å². The molecule has 3 heterocycles. The minimum atomic E-state index is -0.347. The third kappa shape index (κ3) is 2.01. The number of rotatable bonds is 2.